The molecule has 2 aliphatic rings. The number of rotatable bonds is 5. The van der Waals surface area contributed by atoms with Crippen LogP contribution in [0.25, 0.3) is 0 Å². The standard InChI is InChI=1S/C15H26N4O/c1-17-6-4-16-15(17)12-19-9-13-3-5-18(7-8-20-2)10-14(13)11-19/h4,6,13-14H,3,5,7-12H2,1-2H3/t13-,14+/m0/s1. The van der Waals surface area contributed by atoms with E-state index < -0.39 is 0 Å². The molecule has 20 heavy (non-hydrogen) atoms. The Balaban J connectivity index is 1.52. The number of aromatic nitrogens is 2. The van der Waals surface area contributed by atoms with Gasteiger partial charge in [0.25, 0.3) is 0 Å². The fourth-order valence-corrected chi connectivity index (χ4v) is 3.64. The van der Waals surface area contributed by atoms with Crippen molar-refractivity contribution < 1.29 is 4.74 Å². The summed E-state index contributed by atoms with van der Waals surface area (Å²) in [6.07, 6.45) is 5.27. The van der Waals surface area contributed by atoms with Crippen LogP contribution >= 0.6 is 0 Å². The van der Waals surface area contributed by atoms with Crippen LogP contribution in [0.2, 0.25) is 0 Å². The van der Waals surface area contributed by atoms with Crippen molar-refractivity contribution in [3.05, 3.63) is 18.2 Å². The van der Waals surface area contributed by atoms with Crippen LogP contribution in [0.3, 0.4) is 0 Å². The molecule has 0 spiro atoms. The first kappa shape index (κ1) is 14.0. The molecule has 0 amide bonds. The Bertz CT molecular complexity index is 433. The minimum absolute atomic E-state index is 0.834. The minimum Gasteiger partial charge on any atom is -0.383 e. The molecular weight excluding hydrogens is 252 g/mol. The Morgan fingerprint density at radius 2 is 2.05 bits per heavy atom. The smallest absolute Gasteiger partial charge is 0.122 e. The fraction of sp³-hybridized carbons (Fsp3) is 0.800. The number of hydrogen-bond donors (Lipinski definition) is 0. The second-order valence-corrected chi connectivity index (χ2v) is 6.25. The first-order chi connectivity index (χ1) is 9.76. The summed E-state index contributed by atoms with van der Waals surface area (Å²) in [7, 11) is 3.87. The number of piperidine rings is 1. The molecule has 3 rings (SSSR count). The van der Waals surface area contributed by atoms with Crippen LogP contribution in [0.4, 0.5) is 0 Å². The number of likely N-dealkylation sites (tertiary alicyclic amines) is 2. The second-order valence-electron chi connectivity index (χ2n) is 6.25. The van der Waals surface area contributed by atoms with Gasteiger partial charge in [0.05, 0.1) is 13.2 Å². The van der Waals surface area contributed by atoms with Gasteiger partial charge in [0.15, 0.2) is 0 Å². The van der Waals surface area contributed by atoms with Crippen LogP contribution < -0.4 is 0 Å². The Labute approximate surface area is 121 Å². The molecule has 112 valence electrons. The van der Waals surface area contributed by atoms with Gasteiger partial charge in [-0.3, -0.25) is 4.90 Å². The molecule has 3 heterocycles. The van der Waals surface area contributed by atoms with Gasteiger partial charge in [0.1, 0.15) is 5.82 Å². The van der Waals surface area contributed by atoms with E-state index in [4.69, 9.17) is 4.74 Å². The Kier molecular flexibility index (Phi) is 4.38. The summed E-state index contributed by atoms with van der Waals surface area (Å²) >= 11 is 0. The molecule has 1 aromatic rings. The molecule has 0 aromatic carbocycles. The molecule has 0 unspecified atom stereocenters. The van der Waals surface area contributed by atoms with Crippen LogP contribution in [0.15, 0.2) is 12.4 Å². The van der Waals surface area contributed by atoms with Gasteiger partial charge in [0.2, 0.25) is 0 Å². The normalized spacial score (nSPS) is 27.9. The zero-order valence-electron chi connectivity index (χ0n) is 12.7. The lowest BCUT2D eigenvalue weighted by Gasteiger charge is -2.34. The van der Waals surface area contributed by atoms with Crippen LogP contribution in [0, 0.1) is 11.8 Å². The van der Waals surface area contributed by atoms with Crippen LogP contribution in [0.1, 0.15) is 12.2 Å². The largest absolute Gasteiger partial charge is 0.383 e. The van der Waals surface area contributed by atoms with Gasteiger partial charge in [-0.1, -0.05) is 0 Å². The van der Waals surface area contributed by atoms with Crippen molar-refractivity contribution in [1.82, 2.24) is 19.4 Å². The van der Waals surface area contributed by atoms with E-state index in [1.807, 2.05) is 12.4 Å². The molecule has 5 nitrogen and oxygen atoms in total. The lowest BCUT2D eigenvalue weighted by atomic mass is 9.89. The molecule has 0 N–H and O–H groups in total. The van der Waals surface area contributed by atoms with Crippen molar-refractivity contribution >= 4 is 0 Å². The van der Waals surface area contributed by atoms with Gasteiger partial charge in [0, 0.05) is 52.7 Å². The maximum atomic E-state index is 5.20. The highest BCUT2D eigenvalue weighted by atomic mass is 16.5. The third-order valence-corrected chi connectivity index (χ3v) is 4.86. The number of nitrogens with zero attached hydrogens (tertiary/aromatic N) is 4. The average Bonchev–Trinajstić information content (AvgIpc) is 3.02. The predicted octanol–water partition coefficient (Wildman–Crippen LogP) is 0.820. The molecule has 1 aromatic heterocycles. The van der Waals surface area contributed by atoms with E-state index in [-0.39, 0.29) is 0 Å². The Morgan fingerprint density at radius 3 is 2.80 bits per heavy atom. The third kappa shape index (κ3) is 3.05. The number of fused-ring (bicyclic) bond motifs is 1. The van der Waals surface area contributed by atoms with Crippen LogP contribution in [-0.2, 0) is 18.3 Å². The number of imidazole rings is 1. The summed E-state index contributed by atoms with van der Waals surface area (Å²) < 4.78 is 7.33. The lowest BCUT2D eigenvalue weighted by Crippen LogP contribution is -2.41. The molecular formula is C15H26N4O. The van der Waals surface area contributed by atoms with E-state index >= 15 is 0 Å². The van der Waals surface area contributed by atoms with E-state index in [1.165, 1.54) is 38.4 Å². The highest BCUT2D eigenvalue weighted by Crippen LogP contribution is 2.31. The Hall–Kier alpha value is -0.910. The van der Waals surface area contributed by atoms with Gasteiger partial charge >= 0.3 is 0 Å². The SMILES string of the molecule is COCCN1CC[C@H]2CN(Cc3nccn3C)C[C@H]2C1. The fourth-order valence-electron chi connectivity index (χ4n) is 3.64. The summed E-state index contributed by atoms with van der Waals surface area (Å²) in [5, 5.41) is 0. The summed E-state index contributed by atoms with van der Waals surface area (Å²) in [6.45, 7) is 7.88. The number of hydrogen-bond acceptors (Lipinski definition) is 4. The van der Waals surface area contributed by atoms with E-state index in [9.17, 15) is 0 Å². The van der Waals surface area contributed by atoms with E-state index in [0.29, 0.717) is 0 Å². The summed E-state index contributed by atoms with van der Waals surface area (Å²) in [6, 6.07) is 0. The van der Waals surface area contributed by atoms with Crippen molar-refractivity contribution in [2.24, 2.45) is 18.9 Å². The summed E-state index contributed by atoms with van der Waals surface area (Å²) in [4.78, 5) is 9.59. The molecule has 2 fully saturated rings. The van der Waals surface area contributed by atoms with E-state index in [2.05, 4.69) is 26.4 Å². The zero-order valence-corrected chi connectivity index (χ0v) is 12.7. The van der Waals surface area contributed by atoms with Gasteiger partial charge in [-0.2, -0.15) is 0 Å². The first-order valence-electron chi connectivity index (χ1n) is 7.66. The summed E-state index contributed by atoms with van der Waals surface area (Å²) in [5.41, 5.74) is 0. The van der Waals surface area contributed by atoms with E-state index in [1.54, 1.807) is 7.11 Å². The number of ether oxygens (including phenoxy) is 1. The highest BCUT2D eigenvalue weighted by molar-refractivity contribution is 4.95. The maximum Gasteiger partial charge on any atom is 0.122 e. The molecule has 2 aliphatic heterocycles. The quantitative estimate of drug-likeness (QED) is 0.798. The lowest BCUT2D eigenvalue weighted by molar-refractivity contribution is 0.102. The van der Waals surface area contributed by atoms with Gasteiger partial charge in [-0.25, -0.2) is 4.98 Å². The zero-order chi connectivity index (χ0) is 13.9. The van der Waals surface area contributed by atoms with Crippen molar-refractivity contribution in [3.8, 4) is 0 Å². The van der Waals surface area contributed by atoms with Crippen molar-refractivity contribution in [1.29, 1.82) is 0 Å². The molecule has 0 radical (unpaired) electrons. The highest BCUT2D eigenvalue weighted by Gasteiger charge is 2.36. The molecule has 2 saturated heterocycles. The monoisotopic (exact) mass is 278 g/mol. The second kappa shape index (κ2) is 6.24. The molecule has 0 saturated carbocycles. The first-order valence-corrected chi connectivity index (χ1v) is 7.66. The number of methoxy groups -OCH3 is 1. The van der Waals surface area contributed by atoms with Crippen LogP contribution in [-0.4, -0.2) is 65.8 Å². The minimum atomic E-state index is 0.834. The predicted molar refractivity (Wildman–Crippen MR) is 78.4 cm³/mol. The molecule has 0 bridgehead atoms. The summed E-state index contributed by atoms with van der Waals surface area (Å²) in [5.74, 6) is 2.90. The third-order valence-electron chi connectivity index (χ3n) is 4.86. The molecule has 2 atom stereocenters. The number of aryl methyl sites for hydroxylation is 1. The van der Waals surface area contributed by atoms with Crippen molar-refractivity contribution in [2.45, 2.75) is 13.0 Å². The van der Waals surface area contributed by atoms with Crippen molar-refractivity contribution in [3.63, 3.8) is 0 Å². The van der Waals surface area contributed by atoms with Gasteiger partial charge < -0.3 is 14.2 Å². The molecule has 0 aliphatic carbocycles. The van der Waals surface area contributed by atoms with Gasteiger partial charge in [-0.15, -0.1) is 0 Å². The molecule has 5 heteroatoms. The Morgan fingerprint density at radius 1 is 1.25 bits per heavy atom. The van der Waals surface area contributed by atoms with Gasteiger partial charge in [-0.05, 0) is 24.8 Å². The topological polar surface area (TPSA) is 33.5 Å². The van der Waals surface area contributed by atoms with Crippen molar-refractivity contribution in [2.75, 3.05) is 46.4 Å². The van der Waals surface area contributed by atoms with Crippen LogP contribution in [0.5, 0.6) is 0 Å². The maximum absolute atomic E-state index is 5.20. The van der Waals surface area contributed by atoms with E-state index in [0.717, 1.165) is 31.5 Å². The average molecular weight is 278 g/mol.